The van der Waals surface area contributed by atoms with E-state index < -0.39 is 0 Å². The van der Waals surface area contributed by atoms with Gasteiger partial charge in [-0.2, -0.15) is 0 Å². The monoisotopic (exact) mass is 296 g/mol. The number of rotatable bonds is 5. The summed E-state index contributed by atoms with van der Waals surface area (Å²) in [6.45, 7) is 6.14. The van der Waals surface area contributed by atoms with Crippen LogP contribution in [0.25, 0.3) is 0 Å². The molecule has 94 valence electrons. The van der Waals surface area contributed by atoms with Gasteiger partial charge in [0, 0.05) is 17.1 Å². The first kappa shape index (κ1) is 13.1. The summed E-state index contributed by atoms with van der Waals surface area (Å²) in [6, 6.07) is 6.72. The molecule has 0 saturated heterocycles. The average Bonchev–Trinajstić information content (AvgIpc) is 2.98. The third-order valence-corrected chi connectivity index (χ3v) is 4.36. The molecule has 1 fully saturated rings. The topological polar surface area (TPSA) is 38.0 Å². The number of halogens is 1. The molecule has 3 atom stereocenters. The molecule has 1 saturated carbocycles. The zero-order chi connectivity index (χ0) is 12.4. The van der Waals surface area contributed by atoms with Gasteiger partial charge in [-0.1, -0.05) is 35.0 Å². The Kier molecular flexibility index (Phi) is 4.23. The lowest BCUT2D eigenvalue weighted by molar-refractivity contribution is 0.510. The summed E-state index contributed by atoms with van der Waals surface area (Å²) < 4.78 is 1.16. The van der Waals surface area contributed by atoms with E-state index in [1.54, 1.807) is 0 Å². The molecule has 1 aliphatic rings. The van der Waals surface area contributed by atoms with E-state index in [9.17, 15) is 0 Å². The van der Waals surface area contributed by atoms with Gasteiger partial charge in [0.2, 0.25) is 0 Å². The largest absolute Gasteiger partial charge is 0.329 e. The van der Waals surface area contributed by atoms with Crippen molar-refractivity contribution in [2.24, 2.45) is 17.6 Å². The summed E-state index contributed by atoms with van der Waals surface area (Å²) in [5.41, 5.74) is 8.41. The van der Waals surface area contributed by atoms with Gasteiger partial charge >= 0.3 is 0 Å². The lowest BCUT2D eigenvalue weighted by Gasteiger charge is -2.19. The van der Waals surface area contributed by atoms with Crippen LogP contribution in [0.4, 0.5) is 0 Å². The van der Waals surface area contributed by atoms with E-state index >= 15 is 0 Å². The maximum atomic E-state index is 5.87. The van der Waals surface area contributed by atoms with Gasteiger partial charge in [-0.15, -0.1) is 0 Å². The highest BCUT2D eigenvalue weighted by Crippen LogP contribution is 2.37. The minimum absolute atomic E-state index is 0.262. The van der Waals surface area contributed by atoms with Crippen molar-refractivity contribution in [1.29, 1.82) is 0 Å². The number of hydrogen-bond acceptors (Lipinski definition) is 2. The van der Waals surface area contributed by atoms with Crippen molar-refractivity contribution in [2.45, 2.75) is 26.3 Å². The molecule has 0 aliphatic heterocycles. The SMILES string of the molecule is Cc1ccc(C(CN)NCC2CC2C)c(Br)c1. The molecule has 0 amide bonds. The molecular formula is C14H21BrN2. The van der Waals surface area contributed by atoms with E-state index in [4.69, 9.17) is 5.73 Å². The highest BCUT2D eigenvalue weighted by molar-refractivity contribution is 9.10. The van der Waals surface area contributed by atoms with Gasteiger partial charge in [-0.25, -0.2) is 0 Å². The summed E-state index contributed by atoms with van der Waals surface area (Å²) in [7, 11) is 0. The molecule has 3 unspecified atom stereocenters. The highest BCUT2D eigenvalue weighted by atomic mass is 79.9. The second kappa shape index (κ2) is 5.51. The second-order valence-electron chi connectivity index (χ2n) is 5.19. The summed E-state index contributed by atoms with van der Waals surface area (Å²) in [5.74, 6) is 1.75. The van der Waals surface area contributed by atoms with Crippen molar-refractivity contribution in [1.82, 2.24) is 5.32 Å². The van der Waals surface area contributed by atoms with Gasteiger partial charge < -0.3 is 11.1 Å². The molecule has 17 heavy (non-hydrogen) atoms. The fourth-order valence-electron chi connectivity index (χ4n) is 2.21. The van der Waals surface area contributed by atoms with Gasteiger partial charge in [0.15, 0.2) is 0 Å². The number of hydrogen-bond donors (Lipinski definition) is 2. The van der Waals surface area contributed by atoms with Crippen LogP contribution < -0.4 is 11.1 Å². The molecule has 0 bridgehead atoms. The predicted octanol–water partition coefficient (Wildman–Crippen LogP) is 3.00. The van der Waals surface area contributed by atoms with Crippen LogP contribution in [0.1, 0.15) is 30.5 Å². The molecule has 1 aliphatic carbocycles. The van der Waals surface area contributed by atoms with E-state index in [0.717, 1.165) is 22.9 Å². The standard InChI is InChI=1S/C14H21BrN2/c1-9-3-4-12(13(15)5-9)14(7-16)17-8-11-6-10(11)2/h3-5,10-11,14,17H,6-8,16H2,1-2H3. The number of nitrogens with two attached hydrogens (primary N) is 1. The first-order chi connectivity index (χ1) is 8.11. The smallest absolute Gasteiger partial charge is 0.0455 e. The van der Waals surface area contributed by atoms with Crippen LogP contribution in [0, 0.1) is 18.8 Å². The Balaban J connectivity index is 2.00. The molecule has 0 radical (unpaired) electrons. The van der Waals surface area contributed by atoms with E-state index in [2.05, 4.69) is 53.3 Å². The van der Waals surface area contributed by atoms with E-state index in [1.165, 1.54) is 17.5 Å². The van der Waals surface area contributed by atoms with Crippen LogP contribution >= 0.6 is 15.9 Å². The van der Waals surface area contributed by atoms with Gasteiger partial charge in [-0.3, -0.25) is 0 Å². The van der Waals surface area contributed by atoms with Crippen LogP contribution in [0.15, 0.2) is 22.7 Å². The Bertz CT molecular complexity index is 392. The lowest BCUT2D eigenvalue weighted by Crippen LogP contribution is -2.30. The van der Waals surface area contributed by atoms with E-state index in [0.29, 0.717) is 6.54 Å². The summed E-state index contributed by atoms with van der Waals surface area (Å²) in [5, 5.41) is 3.58. The highest BCUT2D eigenvalue weighted by Gasteiger charge is 2.32. The van der Waals surface area contributed by atoms with Gasteiger partial charge in [0.05, 0.1) is 0 Å². The fourth-order valence-corrected chi connectivity index (χ4v) is 2.98. The Morgan fingerprint density at radius 3 is 2.76 bits per heavy atom. The maximum Gasteiger partial charge on any atom is 0.0455 e. The zero-order valence-corrected chi connectivity index (χ0v) is 12.1. The third-order valence-electron chi connectivity index (χ3n) is 3.67. The van der Waals surface area contributed by atoms with Crippen LogP contribution in [0.5, 0.6) is 0 Å². The first-order valence-electron chi connectivity index (χ1n) is 6.31. The summed E-state index contributed by atoms with van der Waals surface area (Å²) >= 11 is 3.63. The Morgan fingerprint density at radius 2 is 2.24 bits per heavy atom. The van der Waals surface area contributed by atoms with Gasteiger partial charge in [-0.05, 0) is 48.9 Å². The van der Waals surface area contributed by atoms with Crippen molar-refractivity contribution in [3.05, 3.63) is 33.8 Å². The van der Waals surface area contributed by atoms with Crippen LogP contribution in [0.2, 0.25) is 0 Å². The normalized spacial score (nSPS) is 24.7. The number of benzene rings is 1. The molecule has 2 rings (SSSR count). The average molecular weight is 297 g/mol. The maximum absolute atomic E-state index is 5.87. The third kappa shape index (κ3) is 3.30. The van der Waals surface area contributed by atoms with Crippen molar-refractivity contribution >= 4 is 15.9 Å². The van der Waals surface area contributed by atoms with Crippen molar-refractivity contribution in [2.75, 3.05) is 13.1 Å². The van der Waals surface area contributed by atoms with Crippen molar-refractivity contribution in [3.63, 3.8) is 0 Å². The molecule has 1 aromatic carbocycles. The van der Waals surface area contributed by atoms with Crippen LogP contribution in [-0.4, -0.2) is 13.1 Å². The quantitative estimate of drug-likeness (QED) is 0.877. The Hall–Kier alpha value is -0.380. The summed E-state index contributed by atoms with van der Waals surface area (Å²) in [4.78, 5) is 0. The van der Waals surface area contributed by atoms with E-state index in [-0.39, 0.29) is 6.04 Å². The fraction of sp³-hybridized carbons (Fsp3) is 0.571. The molecule has 0 aromatic heterocycles. The van der Waals surface area contributed by atoms with Crippen LogP contribution in [0.3, 0.4) is 0 Å². The van der Waals surface area contributed by atoms with Gasteiger partial charge in [0.1, 0.15) is 0 Å². The molecule has 3 heteroatoms. The van der Waals surface area contributed by atoms with Crippen LogP contribution in [-0.2, 0) is 0 Å². The minimum Gasteiger partial charge on any atom is -0.329 e. The lowest BCUT2D eigenvalue weighted by atomic mass is 10.0. The molecule has 3 N–H and O–H groups in total. The number of nitrogens with one attached hydrogen (secondary N) is 1. The van der Waals surface area contributed by atoms with E-state index in [1.807, 2.05) is 0 Å². The van der Waals surface area contributed by atoms with Gasteiger partial charge in [0.25, 0.3) is 0 Å². The molecule has 1 aromatic rings. The molecule has 0 spiro atoms. The summed E-state index contributed by atoms with van der Waals surface area (Å²) in [6.07, 6.45) is 1.36. The minimum atomic E-state index is 0.262. The zero-order valence-electron chi connectivity index (χ0n) is 10.5. The molecule has 0 heterocycles. The second-order valence-corrected chi connectivity index (χ2v) is 6.05. The Labute approximate surface area is 112 Å². The number of aryl methyl sites for hydroxylation is 1. The molecule has 2 nitrogen and oxygen atoms in total. The first-order valence-corrected chi connectivity index (χ1v) is 7.10. The predicted molar refractivity (Wildman–Crippen MR) is 75.9 cm³/mol. The molecular weight excluding hydrogens is 276 g/mol. The Morgan fingerprint density at radius 1 is 1.53 bits per heavy atom. The van der Waals surface area contributed by atoms with Crippen molar-refractivity contribution < 1.29 is 0 Å². The van der Waals surface area contributed by atoms with Crippen molar-refractivity contribution in [3.8, 4) is 0 Å².